The molecule has 35 heavy (non-hydrogen) atoms. The summed E-state index contributed by atoms with van der Waals surface area (Å²) in [7, 11) is 4.57. The first-order valence-corrected chi connectivity index (χ1v) is 11.7. The standard InChI is InChI=1S/C26H36N2O7/c1-7-35-25(30)23-17(14-34-9-8-27)28-16-12-26(2,3)13-18(29)22(16)21(23)15-10-19(31-4)24(33-6)20(11-15)32-5/h10-11,21,28H,7-9,12-14,27H2,1-6H3. The highest BCUT2D eigenvalue weighted by molar-refractivity contribution is 6.04. The van der Waals surface area contributed by atoms with Crippen molar-refractivity contribution in [1.29, 1.82) is 0 Å². The van der Waals surface area contributed by atoms with Gasteiger partial charge in [0.25, 0.3) is 0 Å². The monoisotopic (exact) mass is 488 g/mol. The van der Waals surface area contributed by atoms with Crippen LogP contribution in [0.15, 0.2) is 34.7 Å². The van der Waals surface area contributed by atoms with E-state index in [4.69, 9.17) is 29.4 Å². The van der Waals surface area contributed by atoms with Crippen LogP contribution < -0.4 is 25.3 Å². The van der Waals surface area contributed by atoms with Crippen LogP contribution in [0, 0.1) is 5.41 Å². The highest BCUT2D eigenvalue weighted by Gasteiger charge is 2.44. The van der Waals surface area contributed by atoms with Gasteiger partial charge in [-0.15, -0.1) is 0 Å². The van der Waals surface area contributed by atoms with Crippen molar-refractivity contribution in [3.05, 3.63) is 40.2 Å². The lowest BCUT2D eigenvalue weighted by Gasteiger charge is -2.40. The largest absolute Gasteiger partial charge is 0.493 e. The molecule has 1 unspecified atom stereocenters. The minimum Gasteiger partial charge on any atom is -0.493 e. The highest BCUT2D eigenvalue weighted by Crippen LogP contribution is 2.49. The number of carbonyl (C=O) groups is 2. The zero-order valence-corrected chi connectivity index (χ0v) is 21.4. The van der Waals surface area contributed by atoms with Crippen LogP contribution in [0.1, 0.15) is 45.1 Å². The fourth-order valence-corrected chi connectivity index (χ4v) is 4.77. The van der Waals surface area contributed by atoms with Gasteiger partial charge in [0.05, 0.1) is 52.4 Å². The second-order valence-electron chi connectivity index (χ2n) is 9.30. The van der Waals surface area contributed by atoms with Gasteiger partial charge in [-0.1, -0.05) is 13.8 Å². The molecule has 0 spiro atoms. The van der Waals surface area contributed by atoms with Crippen molar-refractivity contribution >= 4 is 11.8 Å². The van der Waals surface area contributed by atoms with Crippen LogP contribution in [0.4, 0.5) is 0 Å². The molecule has 9 nitrogen and oxygen atoms in total. The summed E-state index contributed by atoms with van der Waals surface area (Å²) in [6, 6.07) is 3.54. The van der Waals surface area contributed by atoms with Gasteiger partial charge in [0.2, 0.25) is 5.75 Å². The van der Waals surface area contributed by atoms with Crippen LogP contribution in [0.2, 0.25) is 0 Å². The zero-order chi connectivity index (χ0) is 25.8. The molecule has 1 atom stereocenters. The number of esters is 1. The second-order valence-corrected chi connectivity index (χ2v) is 9.30. The number of nitrogens with one attached hydrogen (secondary N) is 1. The third-order valence-corrected chi connectivity index (χ3v) is 6.15. The van der Waals surface area contributed by atoms with Crippen molar-refractivity contribution in [2.45, 2.75) is 39.5 Å². The van der Waals surface area contributed by atoms with Gasteiger partial charge in [0, 0.05) is 30.2 Å². The molecule has 0 fully saturated rings. The van der Waals surface area contributed by atoms with Gasteiger partial charge < -0.3 is 34.7 Å². The average molecular weight is 489 g/mol. The predicted octanol–water partition coefficient (Wildman–Crippen LogP) is 2.83. The maximum Gasteiger partial charge on any atom is 0.336 e. The number of carbonyl (C=O) groups excluding carboxylic acids is 2. The summed E-state index contributed by atoms with van der Waals surface area (Å²) in [5, 5.41) is 3.35. The van der Waals surface area contributed by atoms with E-state index in [1.807, 2.05) is 0 Å². The topological polar surface area (TPSA) is 118 Å². The first kappa shape index (κ1) is 26.6. The number of nitrogens with two attached hydrogens (primary N) is 1. The minimum atomic E-state index is -0.695. The molecule has 1 aliphatic carbocycles. The number of dihydropyridines is 1. The lowest BCUT2D eigenvalue weighted by Crippen LogP contribution is -2.40. The maximum atomic E-state index is 13.5. The van der Waals surface area contributed by atoms with E-state index >= 15 is 0 Å². The summed E-state index contributed by atoms with van der Waals surface area (Å²) in [5.41, 5.74) is 8.24. The van der Waals surface area contributed by atoms with E-state index in [2.05, 4.69) is 19.2 Å². The Balaban J connectivity index is 2.29. The maximum absolute atomic E-state index is 13.5. The Labute approximate surface area is 206 Å². The summed E-state index contributed by atoms with van der Waals surface area (Å²) in [6.45, 7) is 6.84. The molecular weight excluding hydrogens is 452 g/mol. The summed E-state index contributed by atoms with van der Waals surface area (Å²) in [5.74, 6) is 0.0382. The van der Waals surface area contributed by atoms with Crippen LogP contribution in [0.5, 0.6) is 17.2 Å². The Morgan fingerprint density at radius 2 is 1.77 bits per heavy atom. The molecule has 0 amide bonds. The molecule has 0 radical (unpaired) electrons. The summed E-state index contributed by atoms with van der Waals surface area (Å²) in [6.07, 6.45) is 1.01. The lowest BCUT2D eigenvalue weighted by molar-refractivity contribution is -0.139. The van der Waals surface area contributed by atoms with Gasteiger partial charge >= 0.3 is 5.97 Å². The van der Waals surface area contributed by atoms with Crippen LogP contribution >= 0.6 is 0 Å². The summed E-state index contributed by atoms with van der Waals surface area (Å²) < 4.78 is 27.8. The Morgan fingerprint density at radius 3 is 2.31 bits per heavy atom. The first-order valence-electron chi connectivity index (χ1n) is 11.7. The van der Waals surface area contributed by atoms with Crippen molar-refractivity contribution in [3.8, 4) is 17.2 Å². The second kappa shape index (κ2) is 11.1. The molecule has 2 aliphatic rings. The zero-order valence-electron chi connectivity index (χ0n) is 21.4. The number of Topliss-reactive ketones (excluding diaryl/α,β-unsaturated/α-hetero) is 1. The van der Waals surface area contributed by atoms with E-state index in [0.29, 0.717) is 65.6 Å². The van der Waals surface area contributed by atoms with Gasteiger partial charge in [0.1, 0.15) is 0 Å². The lowest BCUT2D eigenvalue weighted by atomic mass is 9.68. The molecule has 3 rings (SSSR count). The Hall–Kier alpha value is -3.04. The molecule has 9 heteroatoms. The fraction of sp³-hybridized carbons (Fsp3) is 0.538. The molecule has 0 saturated carbocycles. The molecule has 1 heterocycles. The van der Waals surface area contributed by atoms with Crippen molar-refractivity contribution in [3.63, 3.8) is 0 Å². The van der Waals surface area contributed by atoms with Gasteiger partial charge in [0.15, 0.2) is 17.3 Å². The van der Waals surface area contributed by atoms with Crippen molar-refractivity contribution in [1.82, 2.24) is 5.32 Å². The Bertz CT molecular complexity index is 1020. The SMILES string of the molecule is CCOC(=O)C1=C(COCCN)NC2=C(C(=O)CC(C)(C)C2)C1c1cc(OC)c(OC)c(OC)c1. The molecule has 1 aromatic rings. The quantitative estimate of drug-likeness (QED) is 0.378. The molecule has 192 valence electrons. The van der Waals surface area contributed by atoms with Gasteiger partial charge in [-0.25, -0.2) is 4.79 Å². The third-order valence-electron chi connectivity index (χ3n) is 6.15. The number of hydrogen-bond donors (Lipinski definition) is 2. The molecule has 1 aliphatic heterocycles. The number of rotatable bonds is 10. The van der Waals surface area contributed by atoms with E-state index in [-0.39, 0.29) is 24.4 Å². The highest BCUT2D eigenvalue weighted by atomic mass is 16.5. The van der Waals surface area contributed by atoms with Crippen molar-refractivity contribution in [2.24, 2.45) is 11.1 Å². The van der Waals surface area contributed by atoms with Crippen LogP contribution in [-0.2, 0) is 19.1 Å². The first-order chi connectivity index (χ1) is 16.7. The fourth-order valence-electron chi connectivity index (χ4n) is 4.77. The number of ether oxygens (including phenoxy) is 5. The Morgan fingerprint density at radius 1 is 1.11 bits per heavy atom. The predicted molar refractivity (Wildman–Crippen MR) is 131 cm³/mol. The van der Waals surface area contributed by atoms with Crippen molar-refractivity contribution in [2.75, 3.05) is 47.7 Å². The molecule has 3 N–H and O–H groups in total. The number of allylic oxidation sites excluding steroid dienone is 2. The number of methoxy groups -OCH3 is 3. The van der Waals surface area contributed by atoms with Crippen molar-refractivity contribution < 1.29 is 33.3 Å². The molecule has 0 bridgehead atoms. The van der Waals surface area contributed by atoms with Gasteiger partial charge in [-0.3, -0.25) is 4.79 Å². The van der Waals surface area contributed by atoms with E-state index in [9.17, 15) is 9.59 Å². The number of hydrogen-bond acceptors (Lipinski definition) is 9. The van der Waals surface area contributed by atoms with E-state index in [1.54, 1.807) is 19.1 Å². The minimum absolute atomic E-state index is 0.0220. The van der Waals surface area contributed by atoms with Gasteiger partial charge in [-0.05, 0) is 36.5 Å². The smallest absolute Gasteiger partial charge is 0.336 e. The number of ketones is 1. The van der Waals surface area contributed by atoms with Crippen LogP contribution in [0.3, 0.4) is 0 Å². The summed E-state index contributed by atoms with van der Waals surface area (Å²) in [4.78, 5) is 26.9. The molecule has 0 saturated heterocycles. The van der Waals surface area contributed by atoms with Gasteiger partial charge in [-0.2, -0.15) is 0 Å². The van der Waals surface area contributed by atoms with E-state index in [1.165, 1.54) is 21.3 Å². The molecule has 1 aromatic carbocycles. The average Bonchev–Trinajstić information content (AvgIpc) is 2.81. The van der Waals surface area contributed by atoms with Crippen LogP contribution in [-0.4, -0.2) is 59.4 Å². The number of benzene rings is 1. The van der Waals surface area contributed by atoms with E-state index in [0.717, 1.165) is 5.70 Å². The molecule has 0 aromatic heterocycles. The molecular formula is C26H36N2O7. The summed E-state index contributed by atoms with van der Waals surface area (Å²) >= 11 is 0. The Kier molecular flexibility index (Phi) is 8.45. The normalized spacial score (nSPS) is 19.2. The van der Waals surface area contributed by atoms with E-state index < -0.39 is 11.9 Å². The van der Waals surface area contributed by atoms with Crippen LogP contribution in [0.25, 0.3) is 0 Å². The third kappa shape index (κ3) is 5.46.